The highest BCUT2D eigenvalue weighted by Gasteiger charge is 2.35. The van der Waals surface area contributed by atoms with Crippen LogP contribution in [0.15, 0.2) is 23.8 Å². The van der Waals surface area contributed by atoms with Crippen molar-refractivity contribution in [3.63, 3.8) is 0 Å². The summed E-state index contributed by atoms with van der Waals surface area (Å²) in [7, 11) is 4.31. The van der Waals surface area contributed by atoms with Gasteiger partial charge in [0.05, 0.1) is 10.0 Å². The Kier molecular flexibility index (Phi) is 4.63. The van der Waals surface area contributed by atoms with Crippen molar-refractivity contribution in [1.29, 1.82) is 0 Å². The van der Waals surface area contributed by atoms with E-state index in [4.69, 9.17) is 23.2 Å². The average Bonchev–Trinajstić information content (AvgIpc) is 2.48. The molecule has 0 aliphatic heterocycles. The topological polar surface area (TPSA) is 3.24 Å². The molecule has 1 nitrogen and oxygen atoms in total. The highest BCUT2D eigenvalue weighted by Crippen LogP contribution is 2.50. The zero-order valence-electron chi connectivity index (χ0n) is 12.8. The molecule has 1 aromatic carbocycles. The molecule has 3 aliphatic rings. The molecule has 0 spiro atoms. The Morgan fingerprint density at radius 3 is 2.29 bits per heavy atom. The Hall–Kier alpha value is -0.500. The number of hydrogen-bond acceptors (Lipinski definition) is 1. The van der Waals surface area contributed by atoms with Gasteiger partial charge in [-0.3, -0.25) is 0 Å². The fraction of sp³-hybridized carbons (Fsp3) is 0.556. The largest absolute Gasteiger partial charge is 0.309 e. The number of hydrogen-bond donors (Lipinski definition) is 0. The second kappa shape index (κ2) is 6.32. The fourth-order valence-corrected chi connectivity index (χ4v) is 4.28. The van der Waals surface area contributed by atoms with Gasteiger partial charge in [-0.2, -0.15) is 0 Å². The maximum Gasteiger partial charge on any atom is 0.0598 e. The minimum Gasteiger partial charge on any atom is -0.309 e. The highest BCUT2D eigenvalue weighted by atomic mass is 35.5. The summed E-state index contributed by atoms with van der Waals surface area (Å²) in [6.07, 6.45) is 6.61. The summed E-state index contributed by atoms with van der Waals surface area (Å²) in [5.74, 6) is 1.52. The predicted molar refractivity (Wildman–Crippen MR) is 92.0 cm³/mol. The normalized spacial score (nSPS) is 25.0. The Morgan fingerprint density at radius 1 is 1.00 bits per heavy atom. The smallest absolute Gasteiger partial charge is 0.0598 e. The molecule has 0 aromatic heterocycles. The lowest BCUT2D eigenvalue weighted by Gasteiger charge is -2.41. The molecule has 0 N–H and O–H groups in total. The van der Waals surface area contributed by atoms with Crippen LogP contribution in [0.4, 0.5) is 0 Å². The summed E-state index contributed by atoms with van der Waals surface area (Å²) < 4.78 is 0. The maximum absolute atomic E-state index is 6.25. The Labute approximate surface area is 137 Å². The van der Waals surface area contributed by atoms with Crippen LogP contribution < -0.4 is 0 Å². The van der Waals surface area contributed by atoms with E-state index in [0.717, 1.165) is 18.4 Å². The van der Waals surface area contributed by atoms with Gasteiger partial charge in [0.1, 0.15) is 0 Å². The molecule has 3 heteroatoms. The van der Waals surface area contributed by atoms with E-state index >= 15 is 0 Å². The Balaban J connectivity index is 2.00. The van der Waals surface area contributed by atoms with E-state index in [1.807, 2.05) is 6.07 Å². The third-order valence-corrected chi connectivity index (χ3v) is 5.77. The monoisotopic (exact) mass is 323 g/mol. The van der Waals surface area contributed by atoms with E-state index in [9.17, 15) is 0 Å². The second-order valence-corrected chi connectivity index (χ2v) is 7.48. The van der Waals surface area contributed by atoms with Gasteiger partial charge < -0.3 is 4.90 Å². The van der Waals surface area contributed by atoms with Crippen molar-refractivity contribution >= 4 is 28.8 Å². The minimum atomic E-state index is 0.650. The van der Waals surface area contributed by atoms with Gasteiger partial charge in [0.15, 0.2) is 0 Å². The molecule has 2 bridgehead atoms. The maximum atomic E-state index is 6.25. The fourth-order valence-electron chi connectivity index (χ4n) is 3.98. The van der Waals surface area contributed by atoms with Crippen molar-refractivity contribution < 1.29 is 0 Å². The van der Waals surface area contributed by atoms with Gasteiger partial charge in [-0.05, 0) is 81.3 Å². The molecule has 21 heavy (non-hydrogen) atoms. The van der Waals surface area contributed by atoms with Crippen molar-refractivity contribution in [3.05, 3.63) is 39.4 Å². The van der Waals surface area contributed by atoms with E-state index in [0.29, 0.717) is 10.0 Å². The quantitative estimate of drug-likeness (QED) is 0.705. The van der Waals surface area contributed by atoms with Crippen molar-refractivity contribution in [2.75, 3.05) is 20.6 Å². The summed E-state index contributed by atoms with van der Waals surface area (Å²) in [5.41, 5.74) is 4.56. The van der Waals surface area contributed by atoms with E-state index in [2.05, 4.69) is 31.1 Å². The molecular formula is C18H23Cl2N. The Bertz CT molecular complexity index is 554. The zero-order valence-corrected chi connectivity index (χ0v) is 14.3. The molecule has 1 saturated carbocycles. The van der Waals surface area contributed by atoms with Gasteiger partial charge in [0.2, 0.25) is 0 Å². The third kappa shape index (κ3) is 3.16. The first-order valence-electron chi connectivity index (χ1n) is 7.89. The SMILES string of the molecule is CN(C)CCC1=C(c2ccc(Cl)c(Cl)c2)C2CCC1CC2. The lowest BCUT2D eigenvalue weighted by atomic mass is 9.64. The van der Waals surface area contributed by atoms with Crippen LogP contribution in [-0.2, 0) is 0 Å². The van der Waals surface area contributed by atoms with Crippen LogP contribution in [0.5, 0.6) is 0 Å². The molecule has 4 rings (SSSR count). The first kappa shape index (κ1) is 15.4. The first-order chi connectivity index (χ1) is 10.1. The number of allylic oxidation sites excluding steroid dienone is 1. The van der Waals surface area contributed by atoms with Crippen LogP contribution in [0.1, 0.15) is 37.7 Å². The van der Waals surface area contributed by atoms with Crippen LogP contribution in [0.3, 0.4) is 0 Å². The van der Waals surface area contributed by atoms with Gasteiger partial charge in [-0.15, -0.1) is 0 Å². The lowest BCUT2D eigenvalue weighted by Crippen LogP contribution is -2.27. The number of benzene rings is 1. The minimum absolute atomic E-state index is 0.650. The number of rotatable bonds is 4. The third-order valence-electron chi connectivity index (χ3n) is 5.03. The molecular weight excluding hydrogens is 301 g/mol. The standard InChI is InChI=1S/C18H23Cl2N/c1-21(2)10-9-15-12-3-5-13(6-4-12)18(15)14-7-8-16(19)17(20)11-14/h7-8,11-13H,3-6,9-10H2,1-2H3. The molecule has 0 amide bonds. The summed E-state index contributed by atoms with van der Waals surface area (Å²) in [5, 5.41) is 1.33. The van der Waals surface area contributed by atoms with Crippen molar-refractivity contribution in [1.82, 2.24) is 4.90 Å². The van der Waals surface area contributed by atoms with Gasteiger partial charge in [-0.25, -0.2) is 0 Å². The summed E-state index contributed by atoms with van der Waals surface area (Å²) in [6, 6.07) is 6.16. The number of halogens is 2. The summed E-state index contributed by atoms with van der Waals surface area (Å²) in [4.78, 5) is 2.28. The van der Waals surface area contributed by atoms with Crippen molar-refractivity contribution in [2.24, 2.45) is 11.8 Å². The molecule has 0 unspecified atom stereocenters. The van der Waals surface area contributed by atoms with Crippen molar-refractivity contribution in [2.45, 2.75) is 32.1 Å². The highest BCUT2D eigenvalue weighted by molar-refractivity contribution is 6.42. The molecule has 0 heterocycles. The van der Waals surface area contributed by atoms with E-state index in [-0.39, 0.29) is 0 Å². The van der Waals surface area contributed by atoms with Gasteiger partial charge in [0.25, 0.3) is 0 Å². The van der Waals surface area contributed by atoms with Gasteiger partial charge in [0, 0.05) is 6.54 Å². The van der Waals surface area contributed by atoms with Crippen LogP contribution in [0.2, 0.25) is 10.0 Å². The summed E-state index contributed by atoms with van der Waals surface area (Å²) in [6.45, 7) is 1.13. The molecule has 0 radical (unpaired) electrons. The molecule has 1 aromatic rings. The van der Waals surface area contributed by atoms with E-state index in [1.165, 1.54) is 37.7 Å². The van der Waals surface area contributed by atoms with Crippen molar-refractivity contribution in [3.8, 4) is 0 Å². The van der Waals surface area contributed by atoms with Crippen LogP contribution >= 0.6 is 23.2 Å². The summed E-state index contributed by atoms with van der Waals surface area (Å²) >= 11 is 12.3. The number of nitrogens with zero attached hydrogens (tertiary/aromatic N) is 1. The van der Waals surface area contributed by atoms with Gasteiger partial charge >= 0.3 is 0 Å². The zero-order chi connectivity index (χ0) is 15.0. The van der Waals surface area contributed by atoms with Crippen LogP contribution in [0.25, 0.3) is 5.57 Å². The van der Waals surface area contributed by atoms with E-state index in [1.54, 1.807) is 11.1 Å². The van der Waals surface area contributed by atoms with Gasteiger partial charge in [-0.1, -0.05) is 34.8 Å². The second-order valence-electron chi connectivity index (χ2n) is 6.67. The first-order valence-corrected chi connectivity index (χ1v) is 8.65. The molecule has 1 fully saturated rings. The Morgan fingerprint density at radius 2 is 1.67 bits per heavy atom. The number of fused-ring (bicyclic) bond motifs is 2. The molecule has 3 aliphatic carbocycles. The van der Waals surface area contributed by atoms with Crippen LogP contribution in [-0.4, -0.2) is 25.5 Å². The molecule has 114 valence electrons. The predicted octanol–water partition coefficient (Wildman–Crippen LogP) is 5.52. The molecule has 0 saturated heterocycles. The molecule has 0 atom stereocenters. The lowest BCUT2D eigenvalue weighted by molar-refractivity contribution is 0.307. The van der Waals surface area contributed by atoms with Crippen LogP contribution in [0, 0.1) is 11.8 Å². The average molecular weight is 324 g/mol. The van der Waals surface area contributed by atoms with E-state index < -0.39 is 0 Å².